The van der Waals surface area contributed by atoms with E-state index in [2.05, 4.69) is 17.1 Å². The number of nitriles is 1. The van der Waals surface area contributed by atoms with Gasteiger partial charge in [-0.25, -0.2) is 8.42 Å². The molecule has 3 rings (SSSR count). The fourth-order valence-corrected chi connectivity index (χ4v) is 4.51. The summed E-state index contributed by atoms with van der Waals surface area (Å²) in [5, 5.41) is 9.97. The molecule has 0 radical (unpaired) electrons. The number of hydrogen-bond acceptors (Lipinski definition) is 5. The van der Waals surface area contributed by atoms with Gasteiger partial charge in [0.25, 0.3) is 0 Å². The summed E-state index contributed by atoms with van der Waals surface area (Å²) in [4.78, 5) is 6.45. The van der Waals surface area contributed by atoms with Crippen LogP contribution in [0.1, 0.15) is 23.6 Å². The van der Waals surface area contributed by atoms with Crippen LogP contribution in [0.15, 0.2) is 18.3 Å². The van der Waals surface area contributed by atoms with E-state index < -0.39 is 15.1 Å². The standard InChI is InChI=1S/C17H19N3O2S/c1-11-6-12(2)16-15(7-11)17(14(8-18)9-19-16)20-4-5-23(21,22)13(3)10-20/h6-7,9,13H,4-5,10H2,1-3H3. The summed E-state index contributed by atoms with van der Waals surface area (Å²) in [5.41, 5.74) is 4.33. The fraction of sp³-hybridized carbons (Fsp3) is 0.412. The van der Waals surface area contributed by atoms with Crippen molar-refractivity contribution < 1.29 is 8.42 Å². The largest absolute Gasteiger partial charge is 0.368 e. The van der Waals surface area contributed by atoms with Crippen LogP contribution in [-0.4, -0.2) is 37.5 Å². The Bertz CT molecular complexity index is 929. The Hall–Kier alpha value is -2.13. The monoisotopic (exact) mass is 329 g/mol. The molecule has 1 unspecified atom stereocenters. The van der Waals surface area contributed by atoms with E-state index in [1.165, 1.54) is 0 Å². The highest BCUT2D eigenvalue weighted by atomic mass is 32.2. The van der Waals surface area contributed by atoms with Crippen LogP contribution in [0.25, 0.3) is 10.9 Å². The molecule has 23 heavy (non-hydrogen) atoms. The van der Waals surface area contributed by atoms with E-state index >= 15 is 0 Å². The molecule has 5 nitrogen and oxygen atoms in total. The highest BCUT2D eigenvalue weighted by Gasteiger charge is 2.31. The molecule has 120 valence electrons. The normalized spacial score (nSPS) is 20.4. The molecule has 1 atom stereocenters. The van der Waals surface area contributed by atoms with Gasteiger partial charge in [-0.1, -0.05) is 11.6 Å². The Kier molecular flexibility index (Phi) is 3.77. The molecule has 1 aliphatic rings. The van der Waals surface area contributed by atoms with Crippen LogP contribution < -0.4 is 4.90 Å². The first kappa shape index (κ1) is 15.8. The number of anilines is 1. The summed E-state index contributed by atoms with van der Waals surface area (Å²) in [6, 6.07) is 6.30. The van der Waals surface area contributed by atoms with E-state index in [9.17, 15) is 13.7 Å². The molecular formula is C17H19N3O2S. The number of fused-ring (bicyclic) bond motifs is 1. The Labute approximate surface area is 136 Å². The maximum Gasteiger partial charge on any atom is 0.156 e. The highest BCUT2D eigenvalue weighted by molar-refractivity contribution is 7.92. The summed E-state index contributed by atoms with van der Waals surface area (Å²) >= 11 is 0. The van der Waals surface area contributed by atoms with Crippen molar-refractivity contribution in [3.05, 3.63) is 35.0 Å². The van der Waals surface area contributed by atoms with Crippen molar-refractivity contribution in [2.45, 2.75) is 26.0 Å². The molecule has 1 aliphatic heterocycles. The average molecular weight is 329 g/mol. The van der Waals surface area contributed by atoms with Gasteiger partial charge in [-0.3, -0.25) is 4.98 Å². The predicted octanol–water partition coefficient (Wildman–Crippen LogP) is 2.35. The molecule has 1 fully saturated rings. The van der Waals surface area contributed by atoms with Crippen molar-refractivity contribution in [1.82, 2.24) is 4.98 Å². The molecule has 0 saturated carbocycles. The number of sulfone groups is 1. The van der Waals surface area contributed by atoms with Crippen LogP contribution in [0.5, 0.6) is 0 Å². The Morgan fingerprint density at radius 2 is 2.09 bits per heavy atom. The third-order valence-electron chi connectivity index (χ3n) is 4.45. The number of pyridine rings is 1. The van der Waals surface area contributed by atoms with E-state index in [4.69, 9.17) is 0 Å². The average Bonchev–Trinajstić information content (AvgIpc) is 2.49. The third-order valence-corrected chi connectivity index (χ3v) is 6.58. The van der Waals surface area contributed by atoms with Gasteiger partial charge < -0.3 is 4.90 Å². The molecule has 0 spiro atoms. The van der Waals surface area contributed by atoms with E-state index in [1.807, 2.05) is 24.8 Å². The quantitative estimate of drug-likeness (QED) is 0.803. The van der Waals surface area contributed by atoms with Crippen molar-refractivity contribution in [3.63, 3.8) is 0 Å². The minimum atomic E-state index is -3.03. The van der Waals surface area contributed by atoms with Gasteiger partial charge >= 0.3 is 0 Å². The van der Waals surface area contributed by atoms with Gasteiger partial charge in [0.2, 0.25) is 0 Å². The zero-order chi connectivity index (χ0) is 16.8. The number of benzene rings is 1. The second-order valence-corrected chi connectivity index (χ2v) is 8.77. The molecule has 2 aromatic rings. The van der Waals surface area contributed by atoms with Crippen molar-refractivity contribution in [2.75, 3.05) is 23.7 Å². The summed E-state index contributed by atoms with van der Waals surface area (Å²) in [6.45, 7) is 6.56. The zero-order valence-electron chi connectivity index (χ0n) is 13.5. The third kappa shape index (κ3) is 2.66. The Morgan fingerprint density at radius 1 is 1.35 bits per heavy atom. The lowest BCUT2D eigenvalue weighted by atomic mass is 10.0. The topological polar surface area (TPSA) is 74.1 Å². The maximum atomic E-state index is 12.0. The van der Waals surface area contributed by atoms with Gasteiger partial charge in [-0.05, 0) is 32.4 Å². The lowest BCUT2D eigenvalue weighted by Gasteiger charge is -2.34. The van der Waals surface area contributed by atoms with Crippen LogP contribution in [0, 0.1) is 25.2 Å². The zero-order valence-corrected chi connectivity index (χ0v) is 14.3. The highest BCUT2D eigenvalue weighted by Crippen LogP contribution is 2.33. The van der Waals surface area contributed by atoms with Crippen LogP contribution >= 0.6 is 0 Å². The molecule has 0 bridgehead atoms. The van der Waals surface area contributed by atoms with E-state index in [1.54, 1.807) is 13.1 Å². The van der Waals surface area contributed by atoms with E-state index in [0.717, 1.165) is 27.7 Å². The molecule has 0 amide bonds. The first-order valence-corrected chi connectivity index (χ1v) is 9.31. The smallest absolute Gasteiger partial charge is 0.156 e. The molecule has 0 aliphatic carbocycles. The van der Waals surface area contributed by atoms with Gasteiger partial charge in [-0.2, -0.15) is 5.26 Å². The van der Waals surface area contributed by atoms with Crippen molar-refractivity contribution >= 4 is 26.4 Å². The first-order valence-electron chi connectivity index (χ1n) is 7.60. The molecule has 6 heteroatoms. The number of rotatable bonds is 1. The van der Waals surface area contributed by atoms with Crippen molar-refractivity contribution in [2.24, 2.45) is 0 Å². The van der Waals surface area contributed by atoms with Crippen LogP contribution in [0.2, 0.25) is 0 Å². The maximum absolute atomic E-state index is 12.0. The summed E-state index contributed by atoms with van der Waals surface area (Å²) < 4.78 is 24.0. The minimum Gasteiger partial charge on any atom is -0.368 e. The number of nitrogens with zero attached hydrogens (tertiary/aromatic N) is 3. The van der Waals surface area contributed by atoms with Gasteiger partial charge in [0.05, 0.1) is 27.8 Å². The Balaban J connectivity index is 2.22. The molecule has 1 aromatic heterocycles. The SMILES string of the molecule is Cc1cc(C)c2ncc(C#N)c(N3CCS(=O)(=O)C(C)C3)c2c1. The first-order chi connectivity index (χ1) is 10.8. The lowest BCUT2D eigenvalue weighted by Crippen LogP contribution is -2.46. The summed E-state index contributed by atoms with van der Waals surface area (Å²) in [7, 11) is -3.03. The second kappa shape index (κ2) is 5.50. The van der Waals surface area contributed by atoms with Crippen molar-refractivity contribution in [1.29, 1.82) is 5.26 Å². The van der Waals surface area contributed by atoms with Crippen molar-refractivity contribution in [3.8, 4) is 6.07 Å². The van der Waals surface area contributed by atoms with Crippen LogP contribution in [0.4, 0.5) is 5.69 Å². The van der Waals surface area contributed by atoms with Gasteiger partial charge in [0.15, 0.2) is 9.84 Å². The predicted molar refractivity (Wildman–Crippen MR) is 91.4 cm³/mol. The molecule has 0 N–H and O–H groups in total. The summed E-state index contributed by atoms with van der Waals surface area (Å²) in [6.07, 6.45) is 1.59. The van der Waals surface area contributed by atoms with Gasteiger partial charge in [0, 0.05) is 24.7 Å². The van der Waals surface area contributed by atoms with Crippen LogP contribution in [0.3, 0.4) is 0 Å². The van der Waals surface area contributed by atoms with Crippen LogP contribution in [-0.2, 0) is 9.84 Å². The second-order valence-electron chi connectivity index (χ2n) is 6.23. The molecular weight excluding hydrogens is 310 g/mol. The summed E-state index contributed by atoms with van der Waals surface area (Å²) in [5.74, 6) is 0.119. The van der Waals surface area contributed by atoms with Gasteiger partial charge in [-0.15, -0.1) is 0 Å². The number of aromatic nitrogens is 1. The Morgan fingerprint density at radius 3 is 2.74 bits per heavy atom. The van der Waals surface area contributed by atoms with Gasteiger partial charge in [0.1, 0.15) is 6.07 Å². The molecule has 1 aromatic carbocycles. The fourth-order valence-electron chi connectivity index (χ4n) is 3.23. The number of hydrogen-bond donors (Lipinski definition) is 0. The lowest BCUT2D eigenvalue weighted by molar-refractivity contribution is 0.569. The molecule has 2 heterocycles. The number of aryl methyl sites for hydroxylation is 2. The minimum absolute atomic E-state index is 0.119. The van der Waals surface area contributed by atoms with E-state index in [-0.39, 0.29) is 5.75 Å². The van der Waals surface area contributed by atoms with E-state index in [0.29, 0.717) is 18.7 Å². The molecule has 1 saturated heterocycles.